The van der Waals surface area contributed by atoms with Crippen LogP contribution in [0, 0.1) is 3.57 Å². The van der Waals surface area contributed by atoms with Crippen molar-refractivity contribution in [2.75, 3.05) is 5.32 Å². The van der Waals surface area contributed by atoms with E-state index in [4.69, 9.17) is 11.6 Å². The summed E-state index contributed by atoms with van der Waals surface area (Å²) >= 11 is 8.05. The van der Waals surface area contributed by atoms with E-state index in [1.807, 2.05) is 22.6 Å². The highest BCUT2D eigenvalue weighted by Gasteiger charge is 2.20. The molecule has 0 unspecified atom stereocenters. The van der Waals surface area contributed by atoms with Crippen LogP contribution in [0.2, 0.25) is 0 Å². The van der Waals surface area contributed by atoms with Gasteiger partial charge >= 0.3 is 0 Å². The number of hydrogen-bond acceptors (Lipinski definition) is 3. The number of H-pyrrole nitrogens is 1. The second kappa shape index (κ2) is 5.35. The molecule has 2 rings (SSSR count). The van der Waals surface area contributed by atoms with Gasteiger partial charge < -0.3 is 10.3 Å². The van der Waals surface area contributed by atoms with Gasteiger partial charge in [-0.25, -0.2) is 4.98 Å². The highest BCUT2D eigenvalue weighted by Crippen LogP contribution is 2.25. The predicted octanol–water partition coefficient (Wildman–Crippen LogP) is 2.34. The zero-order chi connectivity index (χ0) is 11.5. The van der Waals surface area contributed by atoms with Gasteiger partial charge in [0, 0.05) is 11.4 Å². The van der Waals surface area contributed by atoms with Gasteiger partial charge in [-0.2, -0.15) is 0 Å². The smallest absolute Gasteiger partial charge is 0.266 e. The van der Waals surface area contributed by atoms with Crippen LogP contribution in [-0.2, 0) is 0 Å². The van der Waals surface area contributed by atoms with Crippen LogP contribution in [0.4, 0.5) is 5.82 Å². The number of halogens is 2. The first kappa shape index (κ1) is 12.2. The number of nitrogens with one attached hydrogen (secondary N) is 2. The van der Waals surface area contributed by atoms with E-state index in [0.29, 0.717) is 20.8 Å². The SMILES string of the molecule is O=c1[nH]cnc(NC2CCC(Cl)CC2)c1I. The monoisotopic (exact) mass is 353 g/mol. The maximum Gasteiger partial charge on any atom is 0.266 e. The van der Waals surface area contributed by atoms with E-state index in [1.54, 1.807) is 0 Å². The summed E-state index contributed by atoms with van der Waals surface area (Å²) in [6, 6.07) is 0.387. The lowest BCUT2D eigenvalue weighted by atomic mass is 9.95. The third-order valence-electron chi connectivity index (χ3n) is 2.79. The van der Waals surface area contributed by atoms with Crippen LogP contribution in [0.25, 0.3) is 0 Å². The molecule has 1 saturated carbocycles. The molecule has 1 fully saturated rings. The molecule has 4 nitrogen and oxygen atoms in total. The Balaban J connectivity index is 2.04. The largest absolute Gasteiger partial charge is 0.366 e. The number of anilines is 1. The molecular weight excluding hydrogens is 340 g/mol. The summed E-state index contributed by atoms with van der Waals surface area (Å²) in [5, 5.41) is 3.62. The number of rotatable bonds is 2. The average Bonchev–Trinajstić information content (AvgIpc) is 2.28. The van der Waals surface area contributed by atoms with Gasteiger partial charge in [0.05, 0.1) is 6.33 Å². The molecular formula is C10H13ClIN3O. The van der Waals surface area contributed by atoms with E-state index >= 15 is 0 Å². The Hall–Kier alpha value is -0.300. The fourth-order valence-corrected chi connectivity index (χ4v) is 2.58. The molecule has 0 saturated heterocycles. The molecule has 0 radical (unpaired) electrons. The lowest BCUT2D eigenvalue weighted by Crippen LogP contribution is -2.28. The van der Waals surface area contributed by atoms with Crippen molar-refractivity contribution in [2.24, 2.45) is 0 Å². The fourth-order valence-electron chi connectivity index (χ4n) is 1.87. The summed E-state index contributed by atoms with van der Waals surface area (Å²) in [7, 11) is 0. The maximum absolute atomic E-state index is 11.4. The molecule has 2 N–H and O–H groups in total. The normalized spacial score (nSPS) is 25.4. The minimum atomic E-state index is -0.0934. The maximum atomic E-state index is 11.4. The van der Waals surface area contributed by atoms with Gasteiger partial charge in [0.1, 0.15) is 9.39 Å². The third kappa shape index (κ3) is 2.88. The Bertz CT molecular complexity index is 415. The van der Waals surface area contributed by atoms with Gasteiger partial charge in [0.2, 0.25) is 0 Å². The molecule has 1 aliphatic carbocycles. The van der Waals surface area contributed by atoms with Crippen molar-refractivity contribution < 1.29 is 0 Å². The predicted molar refractivity (Wildman–Crippen MR) is 73.1 cm³/mol. The zero-order valence-corrected chi connectivity index (χ0v) is 11.6. The van der Waals surface area contributed by atoms with Crippen molar-refractivity contribution in [3.8, 4) is 0 Å². The molecule has 88 valence electrons. The van der Waals surface area contributed by atoms with Crippen LogP contribution < -0.4 is 10.9 Å². The summed E-state index contributed by atoms with van der Waals surface area (Å²) in [6.45, 7) is 0. The van der Waals surface area contributed by atoms with Crippen LogP contribution >= 0.6 is 34.2 Å². The van der Waals surface area contributed by atoms with E-state index in [0.717, 1.165) is 25.7 Å². The van der Waals surface area contributed by atoms with Gasteiger partial charge in [0.25, 0.3) is 5.56 Å². The first-order valence-corrected chi connectivity index (χ1v) is 6.82. The number of hydrogen-bond donors (Lipinski definition) is 2. The molecule has 0 aromatic carbocycles. The minimum absolute atomic E-state index is 0.0934. The summed E-state index contributed by atoms with van der Waals surface area (Å²) in [6.07, 6.45) is 5.56. The summed E-state index contributed by atoms with van der Waals surface area (Å²) < 4.78 is 0.619. The molecule has 16 heavy (non-hydrogen) atoms. The van der Waals surface area contributed by atoms with Gasteiger partial charge in [0.15, 0.2) is 0 Å². The van der Waals surface area contributed by atoms with Crippen molar-refractivity contribution in [2.45, 2.75) is 37.1 Å². The Morgan fingerprint density at radius 3 is 2.81 bits per heavy atom. The number of aromatic amines is 1. The van der Waals surface area contributed by atoms with Crippen molar-refractivity contribution in [1.82, 2.24) is 9.97 Å². The molecule has 6 heteroatoms. The summed E-state index contributed by atoms with van der Waals surface area (Å²) in [5.74, 6) is 0.683. The van der Waals surface area contributed by atoms with E-state index in [-0.39, 0.29) is 5.56 Å². The van der Waals surface area contributed by atoms with Crippen LogP contribution in [0.1, 0.15) is 25.7 Å². The highest BCUT2D eigenvalue weighted by molar-refractivity contribution is 14.1. The van der Waals surface area contributed by atoms with Crippen LogP contribution in [0.5, 0.6) is 0 Å². The molecule has 0 amide bonds. The first-order chi connectivity index (χ1) is 7.66. The fraction of sp³-hybridized carbons (Fsp3) is 0.600. The van der Waals surface area contributed by atoms with Crippen molar-refractivity contribution in [3.63, 3.8) is 0 Å². The Morgan fingerprint density at radius 2 is 2.12 bits per heavy atom. The quantitative estimate of drug-likeness (QED) is 0.634. The molecule has 1 aliphatic rings. The van der Waals surface area contributed by atoms with Crippen molar-refractivity contribution >= 4 is 40.0 Å². The second-order valence-electron chi connectivity index (χ2n) is 3.99. The topological polar surface area (TPSA) is 57.8 Å². The summed E-state index contributed by atoms with van der Waals surface area (Å²) in [4.78, 5) is 18.1. The molecule has 0 spiro atoms. The summed E-state index contributed by atoms with van der Waals surface area (Å²) in [5.41, 5.74) is -0.0934. The van der Waals surface area contributed by atoms with E-state index < -0.39 is 0 Å². The number of alkyl halides is 1. The third-order valence-corrected chi connectivity index (χ3v) is 4.23. The Labute approximate surface area is 112 Å². The van der Waals surface area contributed by atoms with Crippen LogP contribution in [-0.4, -0.2) is 21.4 Å². The molecule has 0 atom stereocenters. The molecule has 0 bridgehead atoms. The van der Waals surface area contributed by atoms with Gasteiger partial charge in [-0.3, -0.25) is 4.79 Å². The standard InChI is InChI=1S/C10H13ClIN3O/c11-6-1-3-7(4-2-6)15-9-8(12)10(16)14-5-13-9/h5-7H,1-4H2,(H2,13,14,15,16). The Kier molecular flexibility index (Phi) is 4.07. The lowest BCUT2D eigenvalue weighted by molar-refractivity contribution is 0.467. The van der Waals surface area contributed by atoms with E-state index in [1.165, 1.54) is 6.33 Å². The molecule has 0 aliphatic heterocycles. The van der Waals surface area contributed by atoms with Gasteiger partial charge in [-0.05, 0) is 48.3 Å². The minimum Gasteiger partial charge on any atom is -0.366 e. The van der Waals surface area contributed by atoms with E-state index in [2.05, 4.69) is 15.3 Å². The Morgan fingerprint density at radius 1 is 1.44 bits per heavy atom. The van der Waals surface area contributed by atoms with Crippen LogP contribution in [0.3, 0.4) is 0 Å². The van der Waals surface area contributed by atoms with Gasteiger partial charge in [-0.15, -0.1) is 11.6 Å². The van der Waals surface area contributed by atoms with Gasteiger partial charge in [-0.1, -0.05) is 0 Å². The van der Waals surface area contributed by atoms with Crippen molar-refractivity contribution in [3.05, 3.63) is 20.3 Å². The molecule has 1 aromatic heterocycles. The second-order valence-corrected chi connectivity index (χ2v) is 5.68. The first-order valence-electron chi connectivity index (χ1n) is 5.30. The lowest BCUT2D eigenvalue weighted by Gasteiger charge is -2.26. The zero-order valence-electron chi connectivity index (χ0n) is 8.67. The van der Waals surface area contributed by atoms with E-state index in [9.17, 15) is 4.79 Å². The molecule has 1 aromatic rings. The average molecular weight is 354 g/mol. The van der Waals surface area contributed by atoms with Crippen LogP contribution in [0.15, 0.2) is 11.1 Å². The number of aromatic nitrogens is 2. The van der Waals surface area contributed by atoms with Crippen molar-refractivity contribution in [1.29, 1.82) is 0 Å². The molecule has 1 heterocycles. The highest BCUT2D eigenvalue weighted by atomic mass is 127. The number of nitrogens with zero attached hydrogens (tertiary/aromatic N) is 1.